The van der Waals surface area contributed by atoms with Gasteiger partial charge in [-0.15, -0.1) is 11.3 Å². The van der Waals surface area contributed by atoms with E-state index in [1.54, 1.807) is 11.7 Å². The molecule has 3 heterocycles. The number of fused-ring (bicyclic) bond motifs is 1. The smallest absolute Gasteiger partial charge is 0.332 e. The first kappa shape index (κ1) is 21.8. The van der Waals surface area contributed by atoms with E-state index in [0.717, 1.165) is 59.3 Å². The molecule has 1 saturated heterocycles. The maximum Gasteiger partial charge on any atom is 0.332 e. The number of ether oxygens (including phenoxy) is 1. The summed E-state index contributed by atoms with van der Waals surface area (Å²) in [5, 5.41) is 3.96. The van der Waals surface area contributed by atoms with E-state index in [-0.39, 0.29) is 11.2 Å². The average molecular weight is 446 g/mol. The monoisotopic (exact) mass is 445 g/mol. The molecule has 0 spiro atoms. The molecule has 2 fully saturated rings. The number of thiophene rings is 1. The van der Waals surface area contributed by atoms with Gasteiger partial charge in [-0.1, -0.05) is 6.58 Å². The number of allylic oxidation sites excluding steroid dienone is 1. The number of nitrogens with one attached hydrogen (secondary N) is 1. The summed E-state index contributed by atoms with van der Waals surface area (Å²) in [7, 11) is 1.62. The first-order valence-electron chi connectivity index (χ1n) is 10.8. The number of aryl methyl sites for hydroxylation is 1. The lowest BCUT2D eigenvalue weighted by atomic mass is 9.78. The van der Waals surface area contributed by atoms with Gasteiger partial charge in [0.2, 0.25) is 0 Å². The molecule has 4 rings (SSSR count). The maximum absolute atomic E-state index is 13.6. The Hall–Kier alpha value is -2.39. The summed E-state index contributed by atoms with van der Waals surface area (Å²) in [5.74, 6) is 0.806. The Bertz CT molecular complexity index is 1170. The third-order valence-corrected chi connectivity index (χ3v) is 7.70. The standard InChI is InChI=1S/C22H31N5O3S/c1-14(2)24-20-23-9-10-25(20)13-16-15(3)17-18(28)27(22(4)7-6-8-22)21(29)26(11-12-30-5)19(17)31-16/h1,6-13H2,2-5H3,(H,23,24). The lowest BCUT2D eigenvalue weighted by Crippen LogP contribution is -2.53. The highest BCUT2D eigenvalue weighted by Gasteiger charge is 2.38. The van der Waals surface area contributed by atoms with Crippen LogP contribution >= 0.6 is 11.3 Å². The summed E-state index contributed by atoms with van der Waals surface area (Å²) < 4.78 is 8.49. The van der Waals surface area contributed by atoms with Crippen molar-refractivity contribution in [2.24, 2.45) is 4.99 Å². The van der Waals surface area contributed by atoms with Crippen LogP contribution in [-0.4, -0.2) is 46.8 Å². The van der Waals surface area contributed by atoms with Crippen molar-refractivity contribution in [1.82, 2.24) is 19.4 Å². The molecule has 1 aliphatic heterocycles. The maximum atomic E-state index is 13.6. The third-order valence-electron chi connectivity index (χ3n) is 6.40. The van der Waals surface area contributed by atoms with Gasteiger partial charge in [-0.2, -0.15) is 0 Å². The number of aliphatic imine (C=N–C) groups is 1. The van der Waals surface area contributed by atoms with Crippen molar-refractivity contribution in [2.45, 2.75) is 58.7 Å². The summed E-state index contributed by atoms with van der Waals surface area (Å²) in [6.07, 6.45) is 2.75. The predicted molar refractivity (Wildman–Crippen MR) is 125 cm³/mol. The number of rotatable bonds is 7. The fraction of sp³-hybridized carbons (Fsp3) is 0.591. The van der Waals surface area contributed by atoms with Crippen LogP contribution in [0.3, 0.4) is 0 Å². The van der Waals surface area contributed by atoms with Crippen LogP contribution in [0.2, 0.25) is 0 Å². The summed E-state index contributed by atoms with van der Waals surface area (Å²) in [4.78, 5) is 35.5. The Balaban J connectivity index is 1.86. The second-order valence-corrected chi connectivity index (χ2v) is 9.85. The van der Waals surface area contributed by atoms with E-state index in [9.17, 15) is 9.59 Å². The molecule has 1 N–H and O–H groups in total. The molecule has 2 aromatic heterocycles. The van der Waals surface area contributed by atoms with E-state index in [2.05, 4.69) is 21.8 Å². The van der Waals surface area contributed by atoms with Gasteiger partial charge >= 0.3 is 5.69 Å². The van der Waals surface area contributed by atoms with Crippen LogP contribution in [0.5, 0.6) is 0 Å². The molecular formula is C22H31N5O3S. The fourth-order valence-corrected chi connectivity index (χ4v) is 5.78. The quantitative estimate of drug-likeness (QED) is 0.708. The molecule has 2 aliphatic rings. The van der Waals surface area contributed by atoms with Crippen LogP contribution in [0.4, 0.5) is 0 Å². The van der Waals surface area contributed by atoms with Gasteiger partial charge in [-0.05, 0) is 45.6 Å². The molecule has 168 valence electrons. The lowest BCUT2D eigenvalue weighted by Gasteiger charge is -2.39. The van der Waals surface area contributed by atoms with Crippen LogP contribution in [0.25, 0.3) is 10.2 Å². The number of aromatic nitrogens is 2. The SMILES string of the molecule is C=C(C)/N=C1\NCCN1Cc1sc2c(c1C)c(=O)n(C1(C)CCC1)c(=O)n2CCOC. The van der Waals surface area contributed by atoms with Gasteiger partial charge in [0, 0.05) is 36.3 Å². The molecule has 9 heteroatoms. The molecule has 1 aliphatic carbocycles. The van der Waals surface area contributed by atoms with Crippen LogP contribution in [0, 0.1) is 6.92 Å². The summed E-state index contributed by atoms with van der Waals surface area (Å²) in [6, 6.07) is 0. The zero-order valence-electron chi connectivity index (χ0n) is 18.8. The molecule has 31 heavy (non-hydrogen) atoms. The first-order valence-corrected chi connectivity index (χ1v) is 11.6. The van der Waals surface area contributed by atoms with E-state index in [4.69, 9.17) is 4.74 Å². The lowest BCUT2D eigenvalue weighted by molar-refractivity contribution is 0.149. The van der Waals surface area contributed by atoms with Crippen molar-refractivity contribution < 1.29 is 4.74 Å². The zero-order valence-corrected chi connectivity index (χ0v) is 19.6. The van der Waals surface area contributed by atoms with Crippen molar-refractivity contribution in [3.63, 3.8) is 0 Å². The van der Waals surface area contributed by atoms with Crippen LogP contribution in [0.15, 0.2) is 26.9 Å². The molecule has 0 radical (unpaired) electrons. The molecule has 0 amide bonds. The summed E-state index contributed by atoms with van der Waals surface area (Å²) >= 11 is 1.53. The Morgan fingerprint density at radius 1 is 1.35 bits per heavy atom. The van der Waals surface area contributed by atoms with E-state index < -0.39 is 5.54 Å². The molecule has 8 nitrogen and oxygen atoms in total. The van der Waals surface area contributed by atoms with Gasteiger partial charge in [0.05, 0.1) is 25.1 Å². The Labute approximate surface area is 185 Å². The topological polar surface area (TPSA) is 80.9 Å². The van der Waals surface area contributed by atoms with E-state index in [1.807, 2.05) is 20.8 Å². The number of nitrogens with zero attached hydrogens (tertiary/aromatic N) is 4. The second-order valence-electron chi connectivity index (χ2n) is 8.77. The highest BCUT2D eigenvalue weighted by atomic mass is 32.1. The minimum Gasteiger partial charge on any atom is -0.383 e. The largest absolute Gasteiger partial charge is 0.383 e. The van der Waals surface area contributed by atoms with Crippen LogP contribution in [-0.2, 0) is 23.4 Å². The van der Waals surface area contributed by atoms with Crippen LogP contribution < -0.4 is 16.6 Å². The normalized spacial score (nSPS) is 19.1. The van der Waals surface area contributed by atoms with Crippen molar-refractivity contribution in [3.8, 4) is 0 Å². The Morgan fingerprint density at radius 3 is 2.71 bits per heavy atom. The number of methoxy groups -OCH3 is 1. The Morgan fingerprint density at radius 2 is 2.10 bits per heavy atom. The second kappa shape index (κ2) is 8.27. The highest BCUT2D eigenvalue weighted by molar-refractivity contribution is 7.18. The molecule has 0 unspecified atom stereocenters. The summed E-state index contributed by atoms with van der Waals surface area (Å²) in [5.41, 5.74) is 0.913. The van der Waals surface area contributed by atoms with Gasteiger partial charge in [0.1, 0.15) is 4.83 Å². The van der Waals surface area contributed by atoms with E-state index in [0.29, 0.717) is 25.1 Å². The third kappa shape index (κ3) is 3.74. The molecule has 1 saturated carbocycles. The van der Waals surface area contributed by atoms with Gasteiger partial charge in [0.25, 0.3) is 5.56 Å². The molecule has 0 aromatic carbocycles. The molecule has 0 bridgehead atoms. The van der Waals surface area contributed by atoms with Gasteiger partial charge in [-0.3, -0.25) is 13.9 Å². The van der Waals surface area contributed by atoms with E-state index in [1.165, 1.54) is 15.9 Å². The predicted octanol–water partition coefficient (Wildman–Crippen LogP) is 2.37. The van der Waals surface area contributed by atoms with Crippen molar-refractivity contribution in [1.29, 1.82) is 0 Å². The van der Waals surface area contributed by atoms with Crippen LogP contribution in [0.1, 0.15) is 43.6 Å². The molecule has 2 aromatic rings. The molecular weight excluding hydrogens is 414 g/mol. The fourth-order valence-electron chi connectivity index (χ4n) is 4.45. The Kier molecular flexibility index (Phi) is 5.83. The number of guanidine groups is 1. The number of hydrogen-bond acceptors (Lipinski definition) is 5. The zero-order chi connectivity index (χ0) is 22.3. The van der Waals surface area contributed by atoms with Gasteiger partial charge in [0.15, 0.2) is 5.96 Å². The minimum atomic E-state index is -0.397. The van der Waals surface area contributed by atoms with Gasteiger partial charge in [-0.25, -0.2) is 9.79 Å². The first-order chi connectivity index (χ1) is 14.8. The average Bonchev–Trinajstić information content (AvgIpc) is 3.24. The van der Waals surface area contributed by atoms with Crippen molar-refractivity contribution >= 4 is 27.5 Å². The minimum absolute atomic E-state index is 0.161. The summed E-state index contributed by atoms with van der Waals surface area (Å²) in [6.45, 7) is 12.9. The van der Waals surface area contributed by atoms with Crippen molar-refractivity contribution in [3.05, 3.63) is 43.6 Å². The number of hydrogen-bond donors (Lipinski definition) is 1. The van der Waals surface area contributed by atoms with E-state index >= 15 is 0 Å². The van der Waals surface area contributed by atoms with Crippen molar-refractivity contribution in [2.75, 3.05) is 26.8 Å². The van der Waals surface area contributed by atoms with Gasteiger partial charge < -0.3 is 15.0 Å². The molecule has 0 atom stereocenters. The highest BCUT2D eigenvalue weighted by Crippen LogP contribution is 2.37.